The molecule has 0 radical (unpaired) electrons. The van der Waals surface area contributed by atoms with Crippen LogP contribution < -0.4 is 11.0 Å². The Morgan fingerprint density at radius 3 is 1.47 bits per heavy atom. The number of aromatic nitrogens is 2. The van der Waals surface area contributed by atoms with Gasteiger partial charge in [-0.3, -0.25) is 0 Å². The van der Waals surface area contributed by atoms with Crippen LogP contribution in [0.4, 0.5) is 11.6 Å². The molecule has 0 unspecified atom stereocenters. The molecule has 78 heavy (non-hydrogen) atoms. The average molecular weight is 1200 g/mol. The topological polar surface area (TPSA) is 241 Å². The number of hydrogen-bond donors (Lipinski definition) is 3. The summed E-state index contributed by atoms with van der Waals surface area (Å²) in [7, 11) is -9.86. The van der Waals surface area contributed by atoms with Crippen LogP contribution in [0, 0.1) is 0 Å². The second kappa shape index (κ2) is 18.6. The summed E-state index contributed by atoms with van der Waals surface area (Å²) < 4.78 is 88.3. The average Bonchev–Trinajstić information content (AvgIpc) is 4.27. The van der Waals surface area contributed by atoms with Gasteiger partial charge < -0.3 is 0 Å². The van der Waals surface area contributed by atoms with Gasteiger partial charge in [-0.15, -0.1) is 0 Å². The number of amidine groups is 4. The Balaban J connectivity index is 1.18. The molecule has 18 nitrogen and oxygen atoms in total. The van der Waals surface area contributed by atoms with Gasteiger partial charge >= 0.3 is 455 Å². The van der Waals surface area contributed by atoms with Crippen LogP contribution >= 0.6 is 12.0 Å². The number of unbranched alkanes of at least 4 members (excludes halogenated alkanes) is 2. The molecule has 3 N–H and O–H groups in total. The molecule has 0 amide bonds. The molecule has 6 heterocycles. The number of aliphatic imine (C=N–C) groups is 4. The molecule has 386 valence electrons. The Hall–Kier alpha value is -6.96. The minimum atomic E-state index is -5.31. The van der Waals surface area contributed by atoms with E-state index in [9.17, 15) is 25.9 Å². The third kappa shape index (κ3) is 8.32. The van der Waals surface area contributed by atoms with E-state index in [2.05, 4.69) is 55.3 Å². The van der Waals surface area contributed by atoms with Crippen LogP contribution in [-0.2, 0) is 45.0 Å². The van der Waals surface area contributed by atoms with Gasteiger partial charge in [0.15, 0.2) is 0 Å². The van der Waals surface area contributed by atoms with Gasteiger partial charge in [0.05, 0.1) is 0 Å². The van der Waals surface area contributed by atoms with E-state index in [4.69, 9.17) is 41.8 Å². The van der Waals surface area contributed by atoms with Crippen molar-refractivity contribution < 1.29 is 42.9 Å². The molecule has 10 aromatic rings. The van der Waals surface area contributed by atoms with Gasteiger partial charge in [-0.05, 0) is 0 Å². The van der Waals surface area contributed by atoms with Crippen LogP contribution in [0.25, 0.3) is 64.6 Å². The molecular weight excluding hydrogens is 1160 g/mol. The van der Waals surface area contributed by atoms with Crippen LogP contribution in [0.1, 0.15) is 72.9 Å². The zero-order valence-electron chi connectivity index (χ0n) is 41.4. The number of rotatable bonds is 12. The van der Waals surface area contributed by atoms with Gasteiger partial charge in [-0.2, -0.15) is 0 Å². The van der Waals surface area contributed by atoms with Gasteiger partial charge in [-0.1, -0.05) is 0 Å². The second-order valence-corrected chi connectivity index (χ2v) is 29.4. The Morgan fingerprint density at radius 1 is 0.500 bits per heavy atom. The number of nitrogens with zero attached hydrogens (tertiary/aromatic N) is 8. The number of fused-ring (bicyclic) bond motifs is 18. The zero-order valence-corrected chi connectivity index (χ0v) is 47.1. The fraction of sp³-hybridized carbons (Fsp3) is 0.143. The monoisotopic (exact) mass is 1200 g/mol. The summed E-state index contributed by atoms with van der Waals surface area (Å²) in [6.07, 6.45) is 5.72. The van der Waals surface area contributed by atoms with Gasteiger partial charge in [-0.25, -0.2) is 5.26 Å². The van der Waals surface area contributed by atoms with E-state index in [0.717, 1.165) is 94.0 Å². The van der Waals surface area contributed by atoms with E-state index < -0.39 is 43.0 Å². The molecule has 4 aliphatic rings. The molecule has 0 fully saturated rings. The summed E-state index contributed by atoms with van der Waals surface area (Å²) >= 11 is -4.48. The van der Waals surface area contributed by atoms with E-state index >= 15 is 0 Å². The predicted molar refractivity (Wildman–Crippen MR) is 301 cm³/mol. The zero-order chi connectivity index (χ0) is 53.4. The van der Waals surface area contributed by atoms with Crippen molar-refractivity contribution in [3.63, 3.8) is 0 Å². The van der Waals surface area contributed by atoms with E-state index in [1.54, 1.807) is 17.2 Å². The second-order valence-electron chi connectivity index (χ2n) is 19.7. The van der Waals surface area contributed by atoms with Crippen molar-refractivity contribution in [2.75, 3.05) is 0 Å². The number of hydrogen-bond acceptors (Lipinski definition) is 15. The van der Waals surface area contributed by atoms with Crippen LogP contribution in [0.15, 0.2) is 161 Å². The molecule has 0 spiro atoms. The van der Waals surface area contributed by atoms with Crippen LogP contribution in [0.5, 0.6) is 0 Å². The Labute approximate surface area is 457 Å². The predicted octanol–water partition coefficient (Wildman–Crippen LogP) is 10.7. The standard InChI is InChI=1S/C56H40N8O6S2.In.H2O4S/c1-3-5-7-29-9-11-31-21-41-45(25-35(31)17-29)53-59-50(41)58-52-44-24-34-14-16-40(72(66,67)68)20-38(34)28-48(44)56(62-52)64-54-46-26-36-18-30(8-6-4-2)10-12-32(36)22-42(46)49(60-54)57-51-43-23-33-13-15-39(71-70-69-65)19-37(33)27-47(43)55(61-51)63-53;;1-5(2,3)4/h9-28H,3-8H2,1-2H3,(H2-2,57,58,59,60,61,62,63,64,65,66,67,68);;(H2,1,2,3,4)/q-2;+3;/p-1. The number of benzene rings is 8. The van der Waals surface area contributed by atoms with Crippen LogP contribution in [0.2, 0.25) is 0 Å². The number of aryl methyl sites for hydroxylation is 2. The summed E-state index contributed by atoms with van der Waals surface area (Å²) in [6, 6.07) is 38.0. The van der Waals surface area contributed by atoms with E-state index in [-0.39, 0.29) is 50.8 Å². The van der Waals surface area contributed by atoms with Crippen molar-refractivity contribution in [3.8, 4) is 0 Å². The molecule has 0 atom stereocenters. The van der Waals surface area contributed by atoms with Crippen LogP contribution in [-0.4, -0.2) is 82.1 Å². The molecule has 8 aromatic carbocycles. The molecule has 14 rings (SSSR count). The first-order valence-electron chi connectivity index (χ1n) is 25.1. The summed E-state index contributed by atoms with van der Waals surface area (Å²) in [5, 5.41) is 21.4. The van der Waals surface area contributed by atoms with Crippen molar-refractivity contribution in [2.45, 2.75) is 62.2 Å². The molecule has 4 aliphatic heterocycles. The van der Waals surface area contributed by atoms with Crippen molar-refractivity contribution >= 4 is 155 Å². The maximum absolute atomic E-state index is 13.8. The third-order valence-corrected chi connectivity index (χ3v) is 25.5. The van der Waals surface area contributed by atoms with Crippen LogP contribution in [0.3, 0.4) is 0 Å². The summed E-state index contributed by atoms with van der Waals surface area (Å²) in [6.45, 7) is 4.30. The Bertz CT molecular complexity index is 4880. The van der Waals surface area contributed by atoms with E-state index in [1.807, 2.05) is 60.7 Å². The molecular formula is C56H41InN8O10S3. The maximum atomic E-state index is 13.8. The third-order valence-electron chi connectivity index (χ3n) is 14.8. The first-order valence-corrected chi connectivity index (χ1v) is 33.0. The molecule has 6 bridgehead atoms. The molecule has 0 saturated heterocycles. The van der Waals surface area contributed by atoms with Gasteiger partial charge in [0, 0.05) is 0 Å². The quantitative estimate of drug-likeness (QED) is 0.0450. The fourth-order valence-electron chi connectivity index (χ4n) is 11.2. The Morgan fingerprint density at radius 2 is 0.949 bits per heavy atom. The Kier molecular flexibility index (Phi) is 11.8. The van der Waals surface area contributed by atoms with Gasteiger partial charge in [0.1, 0.15) is 0 Å². The molecule has 0 saturated carbocycles. The first-order chi connectivity index (χ1) is 37.7. The van der Waals surface area contributed by atoms with Gasteiger partial charge in [0.2, 0.25) is 0 Å². The molecule has 22 heteroatoms. The van der Waals surface area contributed by atoms with Crippen molar-refractivity contribution in [1.29, 1.82) is 0 Å². The van der Waals surface area contributed by atoms with Crippen molar-refractivity contribution in [3.05, 3.63) is 166 Å². The summed E-state index contributed by atoms with van der Waals surface area (Å²) in [4.78, 5) is 32.4. The normalized spacial score (nSPS) is 14.7. The van der Waals surface area contributed by atoms with Crippen molar-refractivity contribution in [1.82, 2.24) is 5.11 Å². The molecule has 2 aromatic heterocycles. The SMILES string of the molecule is CCCCc1ccc2cc3c4[n]5c(c3cc2c1)N=C1N=C(N=c2c3cc6ccc(CCCC)cc6cc3c([n]2[In]5[O]S(=O)(=O)O)=NC2=NC(=N4)c3cc4ccc(SOOO)cc4cc32)c2cc3ccc(S(=O)(=O)O)cc3cc21. The van der Waals surface area contributed by atoms with E-state index in [1.165, 1.54) is 12.1 Å². The fourth-order valence-corrected chi connectivity index (χ4v) is 21.1. The molecule has 0 aliphatic carbocycles. The van der Waals surface area contributed by atoms with E-state index in [0.29, 0.717) is 59.5 Å². The van der Waals surface area contributed by atoms with Gasteiger partial charge in [0.25, 0.3) is 0 Å². The summed E-state index contributed by atoms with van der Waals surface area (Å²) in [5.74, 6) is 1.41. The summed E-state index contributed by atoms with van der Waals surface area (Å²) in [5.41, 5.74) is 5.07. The van der Waals surface area contributed by atoms with Crippen molar-refractivity contribution in [2.24, 2.45) is 30.0 Å². The first kappa shape index (κ1) is 49.3. The minimum absolute atomic E-state index is 0.175.